The molecule has 0 aromatic heterocycles. The Morgan fingerprint density at radius 3 is 2.57 bits per heavy atom. The van der Waals surface area contributed by atoms with Crippen molar-refractivity contribution in [3.63, 3.8) is 0 Å². The van der Waals surface area contributed by atoms with Gasteiger partial charge < -0.3 is 4.90 Å². The summed E-state index contributed by atoms with van der Waals surface area (Å²) < 4.78 is 12.9. The summed E-state index contributed by atoms with van der Waals surface area (Å²) in [7, 11) is 0. The lowest BCUT2D eigenvalue weighted by Gasteiger charge is -2.40. The minimum atomic E-state index is -0.545. The Bertz CT molecular complexity index is 187. The molecule has 0 amide bonds. The third-order valence-electron chi connectivity index (χ3n) is 3.95. The summed E-state index contributed by atoms with van der Waals surface area (Å²) in [6.07, 6.45) is 2.98. The zero-order valence-electron chi connectivity index (χ0n) is 9.38. The molecule has 1 aliphatic heterocycles. The molecule has 2 rings (SSSR count). The fourth-order valence-electron chi connectivity index (χ4n) is 2.80. The summed E-state index contributed by atoms with van der Waals surface area (Å²) in [6.45, 7) is 7.47. The first-order valence-electron chi connectivity index (χ1n) is 6.01. The van der Waals surface area contributed by atoms with Crippen molar-refractivity contribution in [2.45, 2.75) is 39.3 Å². The van der Waals surface area contributed by atoms with Crippen LogP contribution in [0.1, 0.15) is 33.1 Å². The van der Waals surface area contributed by atoms with E-state index in [9.17, 15) is 4.39 Å². The van der Waals surface area contributed by atoms with Crippen molar-refractivity contribution >= 4 is 0 Å². The second-order valence-electron chi connectivity index (χ2n) is 5.49. The van der Waals surface area contributed by atoms with E-state index in [1.165, 1.54) is 12.8 Å². The summed E-state index contributed by atoms with van der Waals surface area (Å²) in [5.74, 6) is 2.66. The van der Waals surface area contributed by atoms with Crippen molar-refractivity contribution in [1.29, 1.82) is 0 Å². The standard InChI is InChI=1S/C12H22FN/c1-9(2)11-5-10(6-11)7-14-4-3-12(13)8-14/h9-12H,3-8H2,1-2H3/t10-,11+,12-/m0/s1. The molecule has 0 radical (unpaired) electrons. The van der Waals surface area contributed by atoms with Gasteiger partial charge in [0.15, 0.2) is 0 Å². The van der Waals surface area contributed by atoms with E-state index in [0.717, 1.165) is 37.3 Å². The van der Waals surface area contributed by atoms with E-state index >= 15 is 0 Å². The Morgan fingerprint density at radius 1 is 1.36 bits per heavy atom. The molecule has 1 atom stereocenters. The molecule has 0 spiro atoms. The minimum Gasteiger partial charge on any atom is -0.300 e. The van der Waals surface area contributed by atoms with Crippen LogP contribution in [-0.2, 0) is 0 Å². The first-order chi connectivity index (χ1) is 6.65. The predicted octanol–water partition coefficient (Wildman–Crippen LogP) is 2.71. The van der Waals surface area contributed by atoms with Gasteiger partial charge in [-0.1, -0.05) is 13.8 Å². The zero-order chi connectivity index (χ0) is 10.1. The molecule has 1 aliphatic carbocycles. The van der Waals surface area contributed by atoms with Gasteiger partial charge in [0.2, 0.25) is 0 Å². The van der Waals surface area contributed by atoms with Crippen LogP contribution in [0.3, 0.4) is 0 Å². The number of alkyl halides is 1. The third kappa shape index (κ3) is 2.28. The monoisotopic (exact) mass is 199 g/mol. The molecule has 2 fully saturated rings. The van der Waals surface area contributed by atoms with Gasteiger partial charge >= 0.3 is 0 Å². The van der Waals surface area contributed by atoms with Crippen molar-refractivity contribution in [3.05, 3.63) is 0 Å². The van der Waals surface area contributed by atoms with Gasteiger partial charge in [-0.15, -0.1) is 0 Å². The third-order valence-corrected chi connectivity index (χ3v) is 3.95. The molecule has 0 bridgehead atoms. The maximum absolute atomic E-state index is 12.9. The molecule has 0 aromatic rings. The quantitative estimate of drug-likeness (QED) is 0.675. The number of halogens is 1. The molecule has 0 N–H and O–H groups in total. The summed E-state index contributed by atoms with van der Waals surface area (Å²) in [4.78, 5) is 2.31. The molecule has 82 valence electrons. The average molecular weight is 199 g/mol. The summed E-state index contributed by atoms with van der Waals surface area (Å²) in [5, 5.41) is 0. The van der Waals surface area contributed by atoms with Crippen molar-refractivity contribution < 1.29 is 4.39 Å². The number of hydrogen-bond acceptors (Lipinski definition) is 1. The van der Waals surface area contributed by atoms with Crippen LogP contribution in [0.2, 0.25) is 0 Å². The van der Waals surface area contributed by atoms with Crippen LogP contribution in [0.25, 0.3) is 0 Å². The van der Waals surface area contributed by atoms with Gasteiger partial charge in [0.25, 0.3) is 0 Å². The highest BCUT2D eigenvalue weighted by atomic mass is 19.1. The Kier molecular flexibility index (Phi) is 3.10. The van der Waals surface area contributed by atoms with Gasteiger partial charge in [0.05, 0.1) is 0 Å². The van der Waals surface area contributed by atoms with Crippen molar-refractivity contribution in [2.75, 3.05) is 19.6 Å². The molecule has 1 nitrogen and oxygen atoms in total. The molecule has 0 unspecified atom stereocenters. The number of likely N-dealkylation sites (tertiary alicyclic amines) is 1. The van der Waals surface area contributed by atoms with Crippen LogP contribution in [-0.4, -0.2) is 30.7 Å². The predicted molar refractivity (Wildman–Crippen MR) is 57.0 cm³/mol. The Morgan fingerprint density at radius 2 is 2.07 bits per heavy atom. The lowest BCUT2D eigenvalue weighted by Crippen LogP contribution is -2.37. The number of rotatable bonds is 3. The number of nitrogens with zero attached hydrogens (tertiary/aromatic N) is 1. The lowest BCUT2D eigenvalue weighted by molar-refractivity contribution is 0.102. The fourth-order valence-corrected chi connectivity index (χ4v) is 2.80. The molecule has 1 saturated heterocycles. The van der Waals surface area contributed by atoms with Crippen LogP contribution >= 0.6 is 0 Å². The van der Waals surface area contributed by atoms with Crippen LogP contribution in [0.5, 0.6) is 0 Å². The largest absolute Gasteiger partial charge is 0.300 e. The first-order valence-corrected chi connectivity index (χ1v) is 6.01. The maximum Gasteiger partial charge on any atom is 0.114 e. The smallest absolute Gasteiger partial charge is 0.114 e. The van der Waals surface area contributed by atoms with Crippen LogP contribution in [0.4, 0.5) is 4.39 Å². The molecule has 2 aliphatic rings. The topological polar surface area (TPSA) is 3.24 Å². The van der Waals surface area contributed by atoms with Crippen LogP contribution in [0.15, 0.2) is 0 Å². The normalized spacial score (nSPS) is 39.0. The van der Waals surface area contributed by atoms with Gasteiger partial charge in [0, 0.05) is 19.6 Å². The molecule has 14 heavy (non-hydrogen) atoms. The molecule has 1 heterocycles. The minimum absolute atomic E-state index is 0.545. The van der Waals surface area contributed by atoms with E-state index in [1.807, 2.05) is 0 Å². The van der Waals surface area contributed by atoms with E-state index in [0.29, 0.717) is 6.54 Å². The van der Waals surface area contributed by atoms with Crippen LogP contribution in [0, 0.1) is 17.8 Å². The molecule has 0 aromatic carbocycles. The van der Waals surface area contributed by atoms with Crippen molar-refractivity contribution in [3.8, 4) is 0 Å². The molecule has 2 heteroatoms. The number of hydrogen-bond donors (Lipinski definition) is 0. The molecular formula is C12H22FN. The van der Waals surface area contributed by atoms with Gasteiger partial charge in [-0.05, 0) is 37.0 Å². The Labute approximate surface area is 86.7 Å². The maximum atomic E-state index is 12.9. The van der Waals surface area contributed by atoms with Crippen molar-refractivity contribution in [1.82, 2.24) is 4.90 Å². The average Bonchev–Trinajstić information content (AvgIpc) is 2.42. The summed E-state index contributed by atoms with van der Waals surface area (Å²) in [5.41, 5.74) is 0. The molecular weight excluding hydrogens is 177 g/mol. The first kappa shape index (κ1) is 10.4. The summed E-state index contributed by atoms with van der Waals surface area (Å²) >= 11 is 0. The highest BCUT2D eigenvalue weighted by molar-refractivity contribution is 4.85. The van der Waals surface area contributed by atoms with Crippen LogP contribution < -0.4 is 0 Å². The SMILES string of the molecule is CC(C)[C@H]1C[C@@H](CN2CC[C@H](F)C2)C1. The Hall–Kier alpha value is -0.110. The van der Waals surface area contributed by atoms with Gasteiger partial charge in [-0.3, -0.25) is 0 Å². The highest BCUT2D eigenvalue weighted by Crippen LogP contribution is 2.39. The van der Waals surface area contributed by atoms with E-state index in [4.69, 9.17) is 0 Å². The second-order valence-corrected chi connectivity index (χ2v) is 5.49. The van der Waals surface area contributed by atoms with E-state index in [2.05, 4.69) is 18.7 Å². The van der Waals surface area contributed by atoms with E-state index in [-0.39, 0.29) is 0 Å². The fraction of sp³-hybridized carbons (Fsp3) is 1.00. The zero-order valence-corrected chi connectivity index (χ0v) is 9.38. The summed E-state index contributed by atoms with van der Waals surface area (Å²) in [6, 6.07) is 0. The highest BCUT2D eigenvalue weighted by Gasteiger charge is 2.33. The van der Waals surface area contributed by atoms with E-state index in [1.54, 1.807) is 0 Å². The van der Waals surface area contributed by atoms with Gasteiger partial charge in [0.1, 0.15) is 6.17 Å². The second kappa shape index (κ2) is 4.18. The van der Waals surface area contributed by atoms with Crippen molar-refractivity contribution in [2.24, 2.45) is 17.8 Å². The van der Waals surface area contributed by atoms with Gasteiger partial charge in [-0.2, -0.15) is 0 Å². The molecule has 1 saturated carbocycles. The van der Waals surface area contributed by atoms with Gasteiger partial charge in [-0.25, -0.2) is 4.39 Å². The Balaban J connectivity index is 1.64. The lowest BCUT2D eigenvalue weighted by atomic mass is 9.69. The van der Waals surface area contributed by atoms with E-state index < -0.39 is 6.17 Å².